The van der Waals surface area contributed by atoms with E-state index in [9.17, 15) is 9.59 Å². The van der Waals surface area contributed by atoms with Crippen molar-refractivity contribution in [3.63, 3.8) is 0 Å². The molecule has 1 aliphatic rings. The summed E-state index contributed by atoms with van der Waals surface area (Å²) in [6.07, 6.45) is 0. The lowest BCUT2D eigenvalue weighted by Crippen LogP contribution is -2.49. The Morgan fingerprint density at radius 2 is 1.82 bits per heavy atom. The van der Waals surface area contributed by atoms with Gasteiger partial charge in [0, 0.05) is 38.9 Å². The third-order valence-corrected chi connectivity index (χ3v) is 7.51. The number of ether oxygens (including phenoxy) is 1. The monoisotopic (exact) mass is 484 g/mol. The molecule has 9 heteroatoms. The fraction of sp³-hybridized carbons (Fsp3) is 0.375. The fourth-order valence-electron chi connectivity index (χ4n) is 3.79. The first-order valence-corrected chi connectivity index (χ1v) is 13.0. The van der Waals surface area contributed by atoms with Crippen LogP contribution in [0.4, 0.5) is 5.69 Å². The highest BCUT2D eigenvalue weighted by Gasteiger charge is 2.21. The number of para-hydroxylation sites is 1. The molecule has 1 saturated heterocycles. The molecule has 1 aliphatic heterocycles. The second-order valence-electron chi connectivity index (χ2n) is 7.71. The van der Waals surface area contributed by atoms with Crippen LogP contribution in [0.2, 0.25) is 0 Å². The minimum atomic E-state index is -0.228. The van der Waals surface area contributed by atoms with E-state index in [1.54, 1.807) is 0 Å². The standard InChI is InChI=1S/C24H28N4O3S2/c1-3-31-19-9-10-20-21(15-19)33-24(26(20)2)25-22(29)16-32-17-23(30)28-13-11-27(12-14-28)18-7-5-4-6-8-18/h4-10,15H,3,11-14,16-17H2,1-2H3. The number of rotatable bonds is 7. The normalized spacial score (nSPS) is 14.7. The minimum Gasteiger partial charge on any atom is -0.494 e. The molecule has 174 valence electrons. The Bertz CT molecular complexity index is 1180. The quantitative estimate of drug-likeness (QED) is 0.515. The van der Waals surface area contributed by atoms with Crippen molar-refractivity contribution in [1.29, 1.82) is 0 Å². The van der Waals surface area contributed by atoms with Crippen LogP contribution in [-0.2, 0) is 16.6 Å². The summed E-state index contributed by atoms with van der Waals surface area (Å²) in [7, 11) is 1.90. The highest BCUT2D eigenvalue weighted by atomic mass is 32.2. The summed E-state index contributed by atoms with van der Waals surface area (Å²) in [5.74, 6) is 1.14. The number of hydrogen-bond donors (Lipinski definition) is 0. The predicted octanol–water partition coefficient (Wildman–Crippen LogP) is 3.15. The van der Waals surface area contributed by atoms with Gasteiger partial charge >= 0.3 is 0 Å². The van der Waals surface area contributed by atoms with Gasteiger partial charge < -0.3 is 19.1 Å². The van der Waals surface area contributed by atoms with Gasteiger partial charge in [-0.15, -0.1) is 11.8 Å². The summed E-state index contributed by atoms with van der Waals surface area (Å²) in [6, 6.07) is 16.1. The topological polar surface area (TPSA) is 67.1 Å². The predicted molar refractivity (Wildman–Crippen MR) is 135 cm³/mol. The van der Waals surface area contributed by atoms with E-state index >= 15 is 0 Å². The van der Waals surface area contributed by atoms with Gasteiger partial charge in [-0.2, -0.15) is 4.99 Å². The van der Waals surface area contributed by atoms with Crippen LogP contribution in [0.5, 0.6) is 5.75 Å². The molecule has 0 aliphatic carbocycles. The van der Waals surface area contributed by atoms with Crippen LogP contribution in [0.1, 0.15) is 6.92 Å². The summed E-state index contributed by atoms with van der Waals surface area (Å²) in [5, 5.41) is 0. The molecule has 1 fully saturated rings. The number of thiazole rings is 1. The van der Waals surface area contributed by atoms with Gasteiger partial charge in [0.05, 0.1) is 28.3 Å². The Morgan fingerprint density at radius 3 is 2.55 bits per heavy atom. The summed E-state index contributed by atoms with van der Waals surface area (Å²) in [5.41, 5.74) is 2.20. The molecule has 0 unspecified atom stereocenters. The van der Waals surface area contributed by atoms with E-state index in [1.807, 2.05) is 59.8 Å². The van der Waals surface area contributed by atoms with Crippen LogP contribution in [-0.4, -0.2) is 65.6 Å². The van der Waals surface area contributed by atoms with Gasteiger partial charge in [0.15, 0.2) is 4.80 Å². The van der Waals surface area contributed by atoms with Crippen molar-refractivity contribution in [3.05, 3.63) is 53.3 Å². The molecule has 4 rings (SSSR count). The molecule has 0 spiro atoms. The molecule has 7 nitrogen and oxygen atoms in total. The Hall–Kier alpha value is -2.78. The maximum atomic E-state index is 12.6. The summed E-state index contributed by atoms with van der Waals surface area (Å²) in [6.45, 7) is 5.61. The van der Waals surface area contributed by atoms with Crippen LogP contribution in [0, 0.1) is 0 Å². The molecule has 2 aromatic carbocycles. The lowest BCUT2D eigenvalue weighted by molar-refractivity contribution is -0.128. The zero-order valence-electron chi connectivity index (χ0n) is 18.9. The van der Waals surface area contributed by atoms with Crippen molar-refractivity contribution in [2.75, 3.05) is 49.2 Å². The molecule has 0 N–H and O–H groups in total. The van der Waals surface area contributed by atoms with E-state index < -0.39 is 0 Å². The lowest BCUT2D eigenvalue weighted by Gasteiger charge is -2.36. The smallest absolute Gasteiger partial charge is 0.258 e. The number of nitrogens with zero attached hydrogens (tertiary/aromatic N) is 4. The molecule has 0 radical (unpaired) electrons. The molecule has 0 atom stereocenters. The molecule has 1 aromatic heterocycles. The van der Waals surface area contributed by atoms with Crippen molar-refractivity contribution in [3.8, 4) is 5.75 Å². The number of aromatic nitrogens is 1. The van der Waals surface area contributed by atoms with Gasteiger partial charge in [0.2, 0.25) is 5.91 Å². The van der Waals surface area contributed by atoms with Gasteiger partial charge in [-0.25, -0.2) is 0 Å². The average molecular weight is 485 g/mol. The van der Waals surface area contributed by atoms with Crippen molar-refractivity contribution in [2.45, 2.75) is 6.92 Å². The average Bonchev–Trinajstić information content (AvgIpc) is 3.14. The number of carbonyl (C=O) groups excluding carboxylic acids is 2. The molecular formula is C24H28N4O3S2. The Kier molecular flexibility index (Phi) is 7.72. The van der Waals surface area contributed by atoms with Gasteiger partial charge in [0.1, 0.15) is 5.75 Å². The molecule has 2 amide bonds. The van der Waals surface area contributed by atoms with E-state index in [0.29, 0.717) is 30.3 Å². The van der Waals surface area contributed by atoms with Crippen LogP contribution in [0.15, 0.2) is 53.5 Å². The minimum absolute atomic E-state index is 0.0800. The number of amides is 2. The van der Waals surface area contributed by atoms with Crippen molar-refractivity contribution in [2.24, 2.45) is 12.0 Å². The highest BCUT2D eigenvalue weighted by molar-refractivity contribution is 8.00. The first-order valence-electron chi connectivity index (χ1n) is 11.0. The number of piperazine rings is 1. The van der Waals surface area contributed by atoms with Crippen molar-refractivity contribution < 1.29 is 14.3 Å². The van der Waals surface area contributed by atoms with Gasteiger partial charge in [-0.3, -0.25) is 9.59 Å². The first-order chi connectivity index (χ1) is 16.0. The molecule has 3 aromatic rings. The lowest BCUT2D eigenvalue weighted by atomic mass is 10.2. The maximum Gasteiger partial charge on any atom is 0.258 e. The van der Waals surface area contributed by atoms with Gasteiger partial charge in [-0.1, -0.05) is 29.5 Å². The van der Waals surface area contributed by atoms with Crippen LogP contribution in [0.3, 0.4) is 0 Å². The number of fused-ring (bicyclic) bond motifs is 1. The molecule has 33 heavy (non-hydrogen) atoms. The van der Waals surface area contributed by atoms with Crippen LogP contribution >= 0.6 is 23.1 Å². The number of hydrogen-bond acceptors (Lipinski definition) is 6. The van der Waals surface area contributed by atoms with Gasteiger partial charge in [-0.05, 0) is 37.3 Å². The van der Waals surface area contributed by atoms with E-state index in [1.165, 1.54) is 28.8 Å². The third-order valence-electron chi connectivity index (χ3n) is 5.52. The summed E-state index contributed by atoms with van der Waals surface area (Å²) in [4.78, 5) is 34.1. The highest BCUT2D eigenvalue weighted by Crippen LogP contribution is 2.23. The zero-order valence-corrected chi connectivity index (χ0v) is 20.5. The molecular weight excluding hydrogens is 456 g/mol. The molecule has 2 heterocycles. The Balaban J connectivity index is 1.27. The van der Waals surface area contributed by atoms with Gasteiger partial charge in [0.25, 0.3) is 5.91 Å². The second-order valence-corrected chi connectivity index (χ2v) is 9.70. The van der Waals surface area contributed by atoms with E-state index in [0.717, 1.165) is 29.1 Å². The van der Waals surface area contributed by atoms with Crippen molar-refractivity contribution >= 4 is 50.8 Å². The van der Waals surface area contributed by atoms with E-state index in [4.69, 9.17) is 4.74 Å². The van der Waals surface area contributed by atoms with Crippen LogP contribution < -0.4 is 14.4 Å². The first kappa shape index (κ1) is 23.4. The Labute approximate surface area is 201 Å². The number of anilines is 1. The number of benzene rings is 2. The third kappa shape index (κ3) is 5.78. The van der Waals surface area contributed by atoms with Crippen LogP contribution in [0.25, 0.3) is 10.2 Å². The molecule has 0 saturated carbocycles. The Morgan fingerprint density at radius 1 is 1.06 bits per heavy atom. The fourth-order valence-corrected chi connectivity index (χ4v) is 5.55. The number of carbonyl (C=O) groups is 2. The zero-order chi connectivity index (χ0) is 23.2. The summed E-state index contributed by atoms with van der Waals surface area (Å²) >= 11 is 2.79. The second kappa shape index (κ2) is 10.9. The molecule has 0 bridgehead atoms. The maximum absolute atomic E-state index is 12.6. The van der Waals surface area contributed by atoms with Crippen molar-refractivity contribution in [1.82, 2.24) is 9.47 Å². The van der Waals surface area contributed by atoms with E-state index in [-0.39, 0.29) is 17.6 Å². The number of aryl methyl sites for hydroxylation is 1. The SMILES string of the molecule is CCOc1ccc2c(c1)sc(=NC(=O)CSCC(=O)N1CCN(c3ccccc3)CC1)n2C. The van der Waals surface area contributed by atoms with E-state index in [2.05, 4.69) is 22.0 Å². The largest absolute Gasteiger partial charge is 0.494 e. The summed E-state index contributed by atoms with van der Waals surface area (Å²) < 4.78 is 8.49. The number of thioether (sulfide) groups is 1.